The summed E-state index contributed by atoms with van der Waals surface area (Å²) in [6.45, 7) is 3.77. The van der Waals surface area contributed by atoms with Crippen LogP contribution in [0.2, 0.25) is 5.02 Å². The third-order valence-corrected chi connectivity index (χ3v) is 3.81. The van der Waals surface area contributed by atoms with Crippen LogP contribution in [0, 0.1) is 0 Å². The quantitative estimate of drug-likeness (QED) is 0.710. The summed E-state index contributed by atoms with van der Waals surface area (Å²) in [4.78, 5) is 0. The summed E-state index contributed by atoms with van der Waals surface area (Å²) in [5.41, 5.74) is 2.13. The van der Waals surface area contributed by atoms with Crippen molar-refractivity contribution in [3.8, 4) is 5.75 Å². The van der Waals surface area contributed by atoms with Gasteiger partial charge in [0.15, 0.2) is 0 Å². The van der Waals surface area contributed by atoms with E-state index in [1.807, 2.05) is 55.5 Å². The highest BCUT2D eigenvalue weighted by Gasteiger charge is 2.06. The Labute approximate surface area is 145 Å². The molecule has 1 N–H and O–H groups in total. The highest BCUT2D eigenvalue weighted by atomic mass is 35.5. The van der Waals surface area contributed by atoms with E-state index in [2.05, 4.69) is 20.8 Å². The van der Waals surface area contributed by atoms with E-state index in [0.717, 1.165) is 11.1 Å². The minimum Gasteiger partial charge on any atom is -0.487 e. The van der Waals surface area contributed by atoms with Crippen LogP contribution in [-0.4, -0.2) is 20.2 Å². The number of halogens is 1. The molecular weight excluding hydrogens is 326 g/mol. The lowest BCUT2D eigenvalue weighted by atomic mass is 10.2. The number of anilines is 1. The van der Waals surface area contributed by atoms with Crippen molar-refractivity contribution in [1.29, 1.82) is 0 Å². The molecule has 0 amide bonds. The van der Waals surface area contributed by atoms with Crippen molar-refractivity contribution < 1.29 is 4.74 Å². The summed E-state index contributed by atoms with van der Waals surface area (Å²) in [5, 5.41) is 15.2. The smallest absolute Gasteiger partial charge is 0.243 e. The zero-order valence-corrected chi connectivity index (χ0v) is 14.1. The second-order valence-corrected chi connectivity index (χ2v) is 5.62. The Morgan fingerprint density at radius 3 is 2.71 bits per heavy atom. The standard InChI is InChI=1S/C17H18ClN5O/c1-2-23-17(20-21-22-23)19-11-14-8-9-16(15(18)10-14)24-12-13-6-4-3-5-7-13/h3-10H,2,11-12H2,1H3,(H,19,20,22). The number of rotatable bonds is 7. The largest absolute Gasteiger partial charge is 0.487 e. The van der Waals surface area contributed by atoms with Gasteiger partial charge in [0.05, 0.1) is 5.02 Å². The maximum Gasteiger partial charge on any atom is 0.243 e. The van der Waals surface area contributed by atoms with Gasteiger partial charge in [0, 0.05) is 13.1 Å². The summed E-state index contributed by atoms with van der Waals surface area (Å²) >= 11 is 6.32. The van der Waals surface area contributed by atoms with Crippen LogP contribution in [0.4, 0.5) is 5.95 Å². The maximum absolute atomic E-state index is 6.32. The molecular formula is C17H18ClN5O. The second-order valence-electron chi connectivity index (χ2n) is 5.21. The molecule has 1 aromatic heterocycles. The first-order valence-corrected chi connectivity index (χ1v) is 8.09. The number of nitrogens with one attached hydrogen (secondary N) is 1. The van der Waals surface area contributed by atoms with E-state index in [0.29, 0.717) is 36.4 Å². The molecule has 2 aromatic carbocycles. The van der Waals surface area contributed by atoms with Crippen LogP contribution in [0.15, 0.2) is 48.5 Å². The van der Waals surface area contributed by atoms with Crippen LogP contribution in [0.1, 0.15) is 18.1 Å². The van der Waals surface area contributed by atoms with Gasteiger partial charge in [-0.25, -0.2) is 4.68 Å². The van der Waals surface area contributed by atoms with Gasteiger partial charge in [-0.15, -0.1) is 0 Å². The van der Waals surface area contributed by atoms with Gasteiger partial charge in [-0.2, -0.15) is 0 Å². The third-order valence-electron chi connectivity index (χ3n) is 3.52. The van der Waals surface area contributed by atoms with Crippen LogP contribution in [0.25, 0.3) is 0 Å². The molecule has 0 radical (unpaired) electrons. The molecule has 124 valence electrons. The predicted octanol–water partition coefficient (Wildman–Crippen LogP) is 3.54. The molecule has 0 aliphatic carbocycles. The number of aromatic nitrogens is 4. The topological polar surface area (TPSA) is 64.9 Å². The van der Waals surface area contributed by atoms with Gasteiger partial charge in [0.1, 0.15) is 12.4 Å². The van der Waals surface area contributed by atoms with Crippen LogP contribution in [-0.2, 0) is 19.7 Å². The number of aryl methyl sites for hydroxylation is 1. The van der Waals surface area contributed by atoms with Crippen molar-refractivity contribution in [2.45, 2.75) is 26.6 Å². The number of nitrogens with zero attached hydrogens (tertiary/aromatic N) is 4. The molecule has 0 spiro atoms. The molecule has 6 nitrogen and oxygen atoms in total. The number of hydrogen-bond donors (Lipinski definition) is 1. The van der Waals surface area contributed by atoms with Crippen LogP contribution in [0.5, 0.6) is 5.75 Å². The molecule has 1 heterocycles. The van der Waals surface area contributed by atoms with E-state index in [4.69, 9.17) is 16.3 Å². The zero-order chi connectivity index (χ0) is 16.8. The summed E-state index contributed by atoms with van der Waals surface area (Å²) in [6, 6.07) is 15.7. The van der Waals surface area contributed by atoms with Crippen molar-refractivity contribution in [3.05, 3.63) is 64.7 Å². The van der Waals surface area contributed by atoms with Gasteiger partial charge < -0.3 is 10.1 Å². The number of ether oxygens (including phenoxy) is 1. The fourth-order valence-corrected chi connectivity index (χ4v) is 2.49. The lowest BCUT2D eigenvalue weighted by Crippen LogP contribution is -2.07. The van der Waals surface area contributed by atoms with Crippen molar-refractivity contribution in [2.24, 2.45) is 0 Å². The molecule has 0 aliphatic heterocycles. The number of tetrazole rings is 1. The summed E-state index contributed by atoms with van der Waals surface area (Å²) in [5.74, 6) is 1.31. The van der Waals surface area contributed by atoms with Crippen molar-refractivity contribution >= 4 is 17.5 Å². The van der Waals surface area contributed by atoms with Gasteiger partial charge >= 0.3 is 0 Å². The molecule has 0 fully saturated rings. The molecule has 3 aromatic rings. The molecule has 3 rings (SSSR count). The Bertz CT molecular complexity index is 791. The Morgan fingerprint density at radius 2 is 1.96 bits per heavy atom. The fraction of sp³-hybridized carbons (Fsp3) is 0.235. The molecule has 0 aliphatic rings. The van der Waals surface area contributed by atoms with Crippen molar-refractivity contribution in [1.82, 2.24) is 20.2 Å². The highest BCUT2D eigenvalue weighted by molar-refractivity contribution is 6.32. The average Bonchev–Trinajstić information content (AvgIpc) is 3.07. The lowest BCUT2D eigenvalue weighted by Gasteiger charge is -2.10. The fourth-order valence-electron chi connectivity index (χ4n) is 2.23. The second kappa shape index (κ2) is 7.79. The van der Waals surface area contributed by atoms with E-state index in [1.165, 1.54) is 0 Å². The van der Waals surface area contributed by atoms with Gasteiger partial charge in [-0.3, -0.25) is 0 Å². The van der Waals surface area contributed by atoms with E-state index < -0.39 is 0 Å². The van der Waals surface area contributed by atoms with E-state index >= 15 is 0 Å². The highest BCUT2D eigenvalue weighted by Crippen LogP contribution is 2.26. The monoisotopic (exact) mass is 343 g/mol. The zero-order valence-electron chi connectivity index (χ0n) is 13.3. The molecule has 24 heavy (non-hydrogen) atoms. The minimum atomic E-state index is 0.490. The summed E-state index contributed by atoms with van der Waals surface area (Å²) < 4.78 is 7.47. The lowest BCUT2D eigenvalue weighted by molar-refractivity contribution is 0.306. The van der Waals surface area contributed by atoms with Gasteiger partial charge in [-0.1, -0.05) is 53.1 Å². The van der Waals surface area contributed by atoms with Crippen LogP contribution < -0.4 is 10.1 Å². The molecule has 0 atom stereocenters. The molecule has 0 bridgehead atoms. The maximum atomic E-state index is 6.32. The molecule has 7 heteroatoms. The minimum absolute atomic E-state index is 0.490. The third kappa shape index (κ3) is 4.02. The molecule has 0 saturated carbocycles. The molecule has 0 saturated heterocycles. The summed E-state index contributed by atoms with van der Waals surface area (Å²) in [6.07, 6.45) is 0. The van der Waals surface area contributed by atoms with Gasteiger partial charge in [0.2, 0.25) is 5.95 Å². The van der Waals surface area contributed by atoms with Crippen LogP contribution >= 0.6 is 11.6 Å². The first-order valence-electron chi connectivity index (χ1n) is 7.71. The first kappa shape index (κ1) is 16.3. The van der Waals surface area contributed by atoms with Gasteiger partial charge in [0.25, 0.3) is 0 Å². The first-order chi connectivity index (χ1) is 11.8. The normalized spacial score (nSPS) is 10.6. The summed E-state index contributed by atoms with van der Waals surface area (Å²) in [7, 11) is 0. The Kier molecular flexibility index (Phi) is 5.28. The SMILES string of the molecule is CCn1nnnc1NCc1ccc(OCc2ccccc2)c(Cl)c1. The molecule has 0 unspecified atom stereocenters. The Morgan fingerprint density at radius 1 is 1.12 bits per heavy atom. The Balaban J connectivity index is 1.60. The number of benzene rings is 2. The van der Waals surface area contributed by atoms with Gasteiger partial charge in [-0.05, 0) is 40.6 Å². The van der Waals surface area contributed by atoms with Crippen molar-refractivity contribution in [2.75, 3.05) is 5.32 Å². The van der Waals surface area contributed by atoms with E-state index in [-0.39, 0.29) is 0 Å². The van der Waals surface area contributed by atoms with Crippen molar-refractivity contribution in [3.63, 3.8) is 0 Å². The van der Waals surface area contributed by atoms with E-state index in [9.17, 15) is 0 Å². The Hall–Kier alpha value is -2.60. The van der Waals surface area contributed by atoms with Crippen LogP contribution in [0.3, 0.4) is 0 Å². The number of hydrogen-bond acceptors (Lipinski definition) is 5. The predicted molar refractivity (Wildman–Crippen MR) is 93.0 cm³/mol. The van der Waals surface area contributed by atoms with E-state index in [1.54, 1.807) is 4.68 Å². The average molecular weight is 344 g/mol.